The summed E-state index contributed by atoms with van der Waals surface area (Å²) >= 11 is 3.96. The van der Waals surface area contributed by atoms with Crippen LogP contribution in [0.5, 0.6) is 0 Å². The minimum atomic E-state index is -1.41. The van der Waals surface area contributed by atoms with E-state index in [1.54, 1.807) is 0 Å². The van der Waals surface area contributed by atoms with Crippen molar-refractivity contribution in [1.29, 1.82) is 0 Å². The second-order valence-corrected chi connectivity index (χ2v) is 22.7. The van der Waals surface area contributed by atoms with Gasteiger partial charge in [0.2, 0.25) is 5.89 Å². The van der Waals surface area contributed by atoms with Crippen molar-refractivity contribution in [2.45, 2.75) is 39.3 Å². The SMILES string of the molecule is C[Si](C)(C)c1cc2c3nc(-c4ccccc4)oc3c3cc([Si](C)(C)C)sc3c2s1. The van der Waals surface area contributed by atoms with Gasteiger partial charge in [-0.1, -0.05) is 57.5 Å². The molecule has 0 atom stereocenters. The molecule has 5 aromatic rings. The van der Waals surface area contributed by atoms with Crippen LogP contribution >= 0.6 is 22.7 Å². The molecule has 2 aromatic carbocycles. The van der Waals surface area contributed by atoms with E-state index in [4.69, 9.17) is 9.40 Å². The average molecular weight is 452 g/mol. The highest BCUT2D eigenvalue weighted by molar-refractivity contribution is 7.37. The third-order valence-corrected chi connectivity index (χ3v) is 14.9. The zero-order valence-corrected chi connectivity index (χ0v) is 21.3. The molecule has 0 unspecified atom stereocenters. The van der Waals surface area contributed by atoms with E-state index >= 15 is 0 Å². The first-order valence-corrected chi connectivity index (χ1v) is 18.6. The zero-order chi connectivity index (χ0) is 20.6. The van der Waals surface area contributed by atoms with E-state index in [2.05, 4.69) is 63.5 Å². The number of aromatic nitrogens is 1. The first kappa shape index (κ1) is 19.2. The normalized spacial score (nSPS) is 13.2. The third-order valence-electron chi connectivity index (χ3n) is 5.30. The molecule has 3 heterocycles. The van der Waals surface area contributed by atoms with Crippen LogP contribution in [0.25, 0.3) is 42.7 Å². The molecule has 0 bridgehead atoms. The van der Waals surface area contributed by atoms with Crippen molar-refractivity contribution in [3.8, 4) is 11.5 Å². The minimum absolute atomic E-state index is 0.718. The van der Waals surface area contributed by atoms with Gasteiger partial charge in [0.15, 0.2) is 5.58 Å². The fourth-order valence-electron chi connectivity index (χ4n) is 3.59. The van der Waals surface area contributed by atoms with Crippen molar-refractivity contribution in [3.05, 3.63) is 42.5 Å². The van der Waals surface area contributed by atoms with Crippen LogP contribution in [-0.2, 0) is 0 Å². The zero-order valence-electron chi connectivity index (χ0n) is 17.7. The Morgan fingerprint density at radius 2 is 1.31 bits per heavy atom. The van der Waals surface area contributed by atoms with Crippen LogP contribution in [0.3, 0.4) is 0 Å². The second-order valence-electron chi connectivity index (χ2n) is 9.77. The number of rotatable bonds is 3. The number of fused-ring (bicyclic) bond motifs is 6. The molecule has 0 fully saturated rings. The van der Waals surface area contributed by atoms with Crippen molar-refractivity contribution in [2.75, 3.05) is 0 Å². The van der Waals surface area contributed by atoms with Gasteiger partial charge in [0.1, 0.15) is 5.52 Å². The van der Waals surface area contributed by atoms with Crippen molar-refractivity contribution in [2.24, 2.45) is 0 Å². The summed E-state index contributed by atoms with van der Waals surface area (Å²) in [4.78, 5) is 5.00. The standard InChI is InChI=1S/C23H25NOS2Si2/c1-28(2,3)17-12-15-19-20(25-23(24-19)14-10-8-7-9-11-14)16-13-18(29(4,5)6)27-22(16)21(15)26-17/h7-13H,1-6H3. The molecule has 0 spiro atoms. The molecule has 0 aliphatic heterocycles. The predicted molar refractivity (Wildman–Crippen MR) is 136 cm³/mol. The maximum absolute atomic E-state index is 6.42. The fraction of sp³-hybridized carbons (Fsp3) is 0.261. The number of hydrogen-bond donors (Lipinski definition) is 0. The molecule has 5 rings (SSSR count). The van der Waals surface area contributed by atoms with Crippen molar-refractivity contribution >= 4 is 79.1 Å². The van der Waals surface area contributed by atoms with Gasteiger partial charge in [-0.05, 0) is 33.3 Å². The molecule has 0 radical (unpaired) electrons. The summed E-state index contributed by atoms with van der Waals surface area (Å²) in [5.41, 5.74) is 3.00. The van der Waals surface area contributed by atoms with Gasteiger partial charge in [-0.15, -0.1) is 22.7 Å². The lowest BCUT2D eigenvalue weighted by molar-refractivity contribution is 0.623. The summed E-state index contributed by atoms with van der Waals surface area (Å²) < 4.78 is 12.3. The van der Waals surface area contributed by atoms with Crippen LogP contribution in [0, 0.1) is 0 Å². The van der Waals surface area contributed by atoms with Gasteiger partial charge in [-0.25, -0.2) is 4.98 Å². The van der Waals surface area contributed by atoms with E-state index in [1.807, 2.05) is 40.9 Å². The molecule has 0 aliphatic rings. The van der Waals surface area contributed by atoms with E-state index in [9.17, 15) is 0 Å². The van der Waals surface area contributed by atoms with Gasteiger partial charge in [0, 0.05) is 16.3 Å². The minimum Gasteiger partial charge on any atom is -0.435 e. The lowest BCUT2D eigenvalue weighted by Gasteiger charge is -2.12. The molecule has 6 heteroatoms. The maximum atomic E-state index is 6.42. The highest BCUT2D eigenvalue weighted by Gasteiger charge is 2.27. The van der Waals surface area contributed by atoms with Crippen LogP contribution in [-0.4, -0.2) is 21.1 Å². The van der Waals surface area contributed by atoms with Crippen molar-refractivity contribution in [1.82, 2.24) is 4.98 Å². The molecule has 0 saturated heterocycles. The molecular weight excluding hydrogens is 427 g/mol. The molecule has 3 aromatic heterocycles. The monoisotopic (exact) mass is 451 g/mol. The Labute approximate surface area is 181 Å². The van der Waals surface area contributed by atoms with E-state index in [0.29, 0.717) is 0 Å². The summed E-state index contributed by atoms with van der Waals surface area (Å²) in [5.74, 6) is 0.718. The molecular formula is C23H25NOS2Si2. The third kappa shape index (κ3) is 3.13. The summed E-state index contributed by atoms with van der Waals surface area (Å²) in [6.07, 6.45) is 0. The number of benzene rings is 2. The van der Waals surface area contributed by atoms with E-state index in [1.165, 1.54) is 29.2 Å². The Morgan fingerprint density at radius 1 is 0.759 bits per heavy atom. The van der Waals surface area contributed by atoms with Gasteiger partial charge in [-0.2, -0.15) is 0 Å². The van der Waals surface area contributed by atoms with Crippen LogP contribution in [0.15, 0.2) is 46.9 Å². The van der Waals surface area contributed by atoms with Gasteiger partial charge in [0.05, 0.1) is 25.5 Å². The van der Waals surface area contributed by atoms with E-state index in [0.717, 1.165) is 22.6 Å². The van der Waals surface area contributed by atoms with Crippen molar-refractivity contribution in [3.63, 3.8) is 0 Å². The van der Waals surface area contributed by atoms with Crippen molar-refractivity contribution < 1.29 is 4.42 Å². The van der Waals surface area contributed by atoms with E-state index < -0.39 is 16.1 Å². The Morgan fingerprint density at radius 3 is 1.90 bits per heavy atom. The molecule has 2 nitrogen and oxygen atoms in total. The highest BCUT2D eigenvalue weighted by atomic mass is 32.1. The molecule has 0 aliphatic carbocycles. The van der Waals surface area contributed by atoms with Gasteiger partial charge >= 0.3 is 0 Å². The first-order valence-electron chi connectivity index (χ1n) is 9.99. The van der Waals surface area contributed by atoms with Gasteiger partial charge in [0.25, 0.3) is 0 Å². The Kier molecular flexibility index (Phi) is 4.23. The summed E-state index contributed by atoms with van der Waals surface area (Å²) in [5, 5.41) is 2.51. The predicted octanol–water partition coefficient (Wildman–Crippen LogP) is 7.01. The number of thiophene rings is 2. The maximum Gasteiger partial charge on any atom is 0.227 e. The lowest BCUT2D eigenvalue weighted by Crippen LogP contribution is -2.34. The Bertz CT molecular complexity index is 1280. The van der Waals surface area contributed by atoms with Crippen LogP contribution in [0.2, 0.25) is 39.3 Å². The molecule has 0 amide bonds. The molecule has 0 saturated carbocycles. The molecule has 148 valence electrons. The topological polar surface area (TPSA) is 26.0 Å². The largest absolute Gasteiger partial charge is 0.435 e. The Balaban J connectivity index is 1.92. The quantitative estimate of drug-likeness (QED) is 0.276. The van der Waals surface area contributed by atoms with E-state index in [-0.39, 0.29) is 0 Å². The van der Waals surface area contributed by atoms with Crippen LogP contribution in [0.1, 0.15) is 0 Å². The summed E-state index contributed by atoms with van der Waals surface area (Å²) in [6.45, 7) is 14.5. The summed E-state index contributed by atoms with van der Waals surface area (Å²) in [6, 6.07) is 15.0. The van der Waals surface area contributed by atoms with Gasteiger partial charge in [-0.3, -0.25) is 0 Å². The highest BCUT2D eigenvalue weighted by Crippen LogP contribution is 2.41. The molecule has 29 heavy (non-hydrogen) atoms. The fourth-order valence-corrected chi connectivity index (χ4v) is 9.78. The number of oxazole rings is 1. The Hall–Kier alpha value is -1.74. The van der Waals surface area contributed by atoms with Crippen LogP contribution in [0.4, 0.5) is 0 Å². The lowest BCUT2D eigenvalue weighted by atomic mass is 10.2. The average Bonchev–Trinajstić information content (AvgIpc) is 3.35. The van der Waals surface area contributed by atoms with Gasteiger partial charge < -0.3 is 4.42 Å². The molecule has 0 N–H and O–H groups in total. The first-order chi connectivity index (χ1) is 13.6. The number of hydrogen-bond acceptors (Lipinski definition) is 4. The number of nitrogens with zero attached hydrogens (tertiary/aromatic N) is 1. The second kappa shape index (κ2) is 6.38. The van der Waals surface area contributed by atoms with Crippen LogP contribution < -0.4 is 9.00 Å². The summed E-state index contributed by atoms with van der Waals surface area (Å²) in [7, 11) is -2.81. The smallest absolute Gasteiger partial charge is 0.227 e.